The van der Waals surface area contributed by atoms with Crippen LogP contribution in [0.5, 0.6) is 5.75 Å². The molecular weight excluding hydrogens is 406 g/mol. The summed E-state index contributed by atoms with van der Waals surface area (Å²) in [5.74, 6) is 1.16. The lowest BCUT2D eigenvalue weighted by atomic mass is 9.98. The Kier molecular flexibility index (Phi) is 9.36. The lowest BCUT2D eigenvalue weighted by Gasteiger charge is -2.44. The predicted molar refractivity (Wildman–Crippen MR) is 125 cm³/mol. The predicted octanol–water partition coefficient (Wildman–Crippen LogP) is 2.58. The molecule has 2 saturated heterocycles. The van der Waals surface area contributed by atoms with Crippen LogP contribution in [0.15, 0.2) is 24.3 Å². The molecule has 0 radical (unpaired) electrons. The summed E-state index contributed by atoms with van der Waals surface area (Å²) in [5.41, 5.74) is 1.14. The number of piperidine rings is 1. The van der Waals surface area contributed by atoms with Gasteiger partial charge in [-0.2, -0.15) is 0 Å². The fourth-order valence-electron chi connectivity index (χ4n) is 4.82. The molecule has 7 heteroatoms. The fourth-order valence-corrected chi connectivity index (χ4v) is 4.82. The molecule has 1 unspecified atom stereocenters. The van der Waals surface area contributed by atoms with Crippen molar-refractivity contribution in [3.63, 3.8) is 0 Å². The van der Waals surface area contributed by atoms with Crippen molar-refractivity contribution in [2.75, 3.05) is 53.6 Å². The quantitative estimate of drug-likeness (QED) is 0.585. The minimum Gasteiger partial charge on any atom is -0.497 e. The zero-order valence-corrected chi connectivity index (χ0v) is 19.9. The number of methoxy groups -OCH3 is 1. The van der Waals surface area contributed by atoms with Gasteiger partial charge in [-0.05, 0) is 49.8 Å². The van der Waals surface area contributed by atoms with Crippen molar-refractivity contribution >= 4 is 11.8 Å². The maximum absolute atomic E-state index is 12.8. The van der Waals surface area contributed by atoms with E-state index < -0.39 is 0 Å². The SMILES string of the molecule is COc1ccc(CCC(=O)N(C)CCN(C2CCOCC2)C2CCCN(C(C)=O)C2)cc1. The highest BCUT2D eigenvalue weighted by Gasteiger charge is 2.32. The summed E-state index contributed by atoms with van der Waals surface area (Å²) in [6.45, 7) is 6.44. The Labute approximate surface area is 192 Å². The number of nitrogens with zero attached hydrogens (tertiary/aromatic N) is 3. The third-order valence-corrected chi connectivity index (χ3v) is 6.88. The summed E-state index contributed by atoms with van der Waals surface area (Å²) in [5, 5.41) is 0. The Morgan fingerprint density at radius 2 is 1.81 bits per heavy atom. The van der Waals surface area contributed by atoms with Crippen molar-refractivity contribution < 1.29 is 19.1 Å². The van der Waals surface area contributed by atoms with E-state index in [1.807, 2.05) is 41.1 Å². The van der Waals surface area contributed by atoms with Crippen molar-refractivity contribution in [2.45, 2.75) is 57.5 Å². The summed E-state index contributed by atoms with van der Waals surface area (Å²) in [4.78, 5) is 31.1. The van der Waals surface area contributed by atoms with Gasteiger partial charge in [0, 0.05) is 71.9 Å². The molecule has 2 aliphatic rings. The van der Waals surface area contributed by atoms with Crippen LogP contribution >= 0.6 is 0 Å². The highest BCUT2D eigenvalue weighted by atomic mass is 16.5. The highest BCUT2D eigenvalue weighted by molar-refractivity contribution is 5.76. The first-order valence-corrected chi connectivity index (χ1v) is 11.9. The van der Waals surface area contributed by atoms with E-state index in [-0.39, 0.29) is 11.8 Å². The second-order valence-corrected chi connectivity index (χ2v) is 9.01. The first-order chi connectivity index (χ1) is 15.5. The molecule has 2 aliphatic heterocycles. The summed E-state index contributed by atoms with van der Waals surface area (Å²) in [6, 6.07) is 8.72. The number of hydrogen-bond acceptors (Lipinski definition) is 5. The molecule has 7 nitrogen and oxygen atoms in total. The first kappa shape index (κ1) is 24.5. The number of likely N-dealkylation sites (N-methyl/N-ethyl adjacent to an activating group) is 1. The topological polar surface area (TPSA) is 62.3 Å². The molecule has 2 amide bonds. The molecule has 2 fully saturated rings. The third kappa shape index (κ3) is 6.94. The zero-order chi connectivity index (χ0) is 22.9. The van der Waals surface area contributed by atoms with Gasteiger partial charge >= 0.3 is 0 Å². The van der Waals surface area contributed by atoms with Crippen molar-refractivity contribution in [2.24, 2.45) is 0 Å². The van der Waals surface area contributed by atoms with E-state index in [0.29, 0.717) is 25.0 Å². The average Bonchev–Trinajstić information content (AvgIpc) is 2.83. The van der Waals surface area contributed by atoms with Gasteiger partial charge in [0.25, 0.3) is 0 Å². The van der Waals surface area contributed by atoms with E-state index in [4.69, 9.17) is 9.47 Å². The second-order valence-electron chi connectivity index (χ2n) is 9.01. The van der Waals surface area contributed by atoms with Crippen LogP contribution in [0.2, 0.25) is 0 Å². The van der Waals surface area contributed by atoms with Gasteiger partial charge in [0.1, 0.15) is 5.75 Å². The van der Waals surface area contributed by atoms with E-state index >= 15 is 0 Å². The minimum absolute atomic E-state index is 0.160. The standard InChI is InChI=1S/C25H39N3O4/c1-20(29)27-14-4-5-23(19-27)28(22-12-17-32-18-13-22)16-15-26(2)25(30)11-8-21-6-9-24(31-3)10-7-21/h6-7,9-10,22-23H,4-5,8,11-19H2,1-3H3. The molecule has 178 valence electrons. The van der Waals surface area contributed by atoms with Crippen LogP contribution in [0.25, 0.3) is 0 Å². The minimum atomic E-state index is 0.160. The summed E-state index contributed by atoms with van der Waals surface area (Å²) < 4.78 is 10.8. The average molecular weight is 446 g/mol. The smallest absolute Gasteiger partial charge is 0.222 e. The number of carbonyl (C=O) groups is 2. The normalized spacial score (nSPS) is 19.8. The van der Waals surface area contributed by atoms with Crippen molar-refractivity contribution in [3.8, 4) is 5.75 Å². The van der Waals surface area contributed by atoms with E-state index in [9.17, 15) is 9.59 Å². The molecule has 1 aromatic rings. The molecule has 0 bridgehead atoms. The lowest BCUT2D eigenvalue weighted by molar-refractivity contribution is -0.131. The number of hydrogen-bond donors (Lipinski definition) is 0. The van der Waals surface area contributed by atoms with Crippen LogP contribution in [0.1, 0.15) is 44.6 Å². The number of likely N-dealkylation sites (tertiary alicyclic amines) is 1. The molecule has 0 aromatic heterocycles. The highest BCUT2D eigenvalue weighted by Crippen LogP contribution is 2.23. The van der Waals surface area contributed by atoms with Gasteiger partial charge < -0.3 is 19.3 Å². The zero-order valence-electron chi connectivity index (χ0n) is 19.9. The maximum atomic E-state index is 12.8. The number of ether oxygens (including phenoxy) is 2. The monoisotopic (exact) mass is 445 g/mol. The van der Waals surface area contributed by atoms with Gasteiger partial charge in [0.05, 0.1) is 7.11 Å². The molecular formula is C25H39N3O4. The molecule has 0 aliphatic carbocycles. The number of aryl methyl sites for hydroxylation is 1. The van der Waals surface area contributed by atoms with E-state index in [1.54, 1.807) is 14.0 Å². The van der Waals surface area contributed by atoms with Crippen LogP contribution < -0.4 is 4.74 Å². The van der Waals surface area contributed by atoms with Crippen LogP contribution in [0, 0.1) is 0 Å². The van der Waals surface area contributed by atoms with Crippen molar-refractivity contribution in [1.29, 1.82) is 0 Å². The Balaban J connectivity index is 1.54. The molecule has 1 atom stereocenters. The van der Waals surface area contributed by atoms with Crippen molar-refractivity contribution in [3.05, 3.63) is 29.8 Å². The number of carbonyl (C=O) groups excluding carboxylic acids is 2. The first-order valence-electron chi connectivity index (χ1n) is 11.9. The Morgan fingerprint density at radius 1 is 1.09 bits per heavy atom. The van der Waals surface area contributed by atoms with Crippen LogP contribution in [0.3, 0.4) is 0 Å². The summed E-state index contributed by atoms with van der Waals surface area (Å²) >= 11 is 0. The number of rotatable bonds is 9. The van der Waals surface area contributed by atoms with Gasteiger partial charge in [-0.25, -0.2) is 0 Å². The Morgan fingerprint density at radius 3 is 2.47 bits per heavy atom. The second kappa shape index (κ2) is 12.2. The molecule has 0 saturated carbocycles. The van der Waals surface area contributed by atoms with Crippen LogP contribution in [-0.4, -0.2) is 92.1 Å². The van der Waals surface area contributed by atoms with E-state index in [1.165, 1.54) is 0 Å². The number of amides is 2. The van der Waals surface area contributed by atoms with Gasteiger partial charge in [-0.1, -0.05) is 12.1 Å². The fraction of sp³-hybridized carbons (Fsp3) is 0.680. The lowest BCUT2D eigenvalue weighted by Crippen LogP contribution is -2.55. The van der Waals surface area contributed by atoms with Gasteiger partial charge in [0.15, 0.2) is 0 Å². The third-order valence-electron chi connectivity index (χ3n) is 6.88. The molecule has 2 heterocycles. The number of benzene rings is 1. The largest absolute Gasteiger partial charge is 0.497 e. The Bertz CT molecular complexity index is 733. The molecule has 3 rings (SSSR count). The molecule has 0 N–H and O–H groups in total. The van der Waals surface area contributed by atoms with Gasteiger partial charge in [-0.3, -0.25) is 14.5 Å². The summed E-state index contributed by atoms with van der Waals surface area (Å²) in [6.07, 6.45) is 5.42. The van der Waals surface area contributed by atoms with Gasteiger partial charge in [0.2, 0.25) is 11.8 Å². The van der Waals surface area contributed by atoms with E-state index in [0.717, 1.165) is 76.3 Å². The Hall–Kier alpha value is -2.12. The molecule has 1 aromatic carbocycles. The van der Waals surface area contributed by atoms with Crippen LogP contribution in [-0.2, 0) is 20.7 Å². The maximum Gasteiger partial charge on any atom is 0.222 e. The summed E-state index contributed by atoms with van der Waals surface area (Å²) in [7, 11) is 3.56. The molecule has 0 spiro atoms. The molecule has 32 heavy (non-hydrogen) atoms. The van der Waals surface area contributed by atoms with Crippen LogP contribution in [0.4, 0.5) is 0 Å². The van der Waals surface area contributed by atoms with Crippen molar-refractivity contribution in [1.82, 2.24) is 14.7 Å². The van der Waals surface area contributed by atoms with Gasteiger partial charge in [-0.15, -0.1) is 0 Å². The van der Waals surface area contributed by atoms with E-state index in [2.05, 4.69) is 4.90 Å².